The predicted octanol–water partition coefficient (Wildman–Crippen LogP) is 3.19. The van der Waals surface area contributed by atoms with Crippen molar-refractivity contribution in [3.63, 3.8) is 0 Å². The van der Waals surface area contributed by atoms with Crippen molar-refractivity contribution in [2.75, 3.05) is 17.7 Å². The Morgan fingerprint density at radius 2 is 2.05 bits per heavy atom. The van der Waals surface area contributed by atoms with Crippen molar-refractivity contribution < 1.29 is 13.9 Å². The Morgan fingerprint density at radius 3 is 2.80 bits per heavy atom. The molecule has 6 heteroatoms. The summed E-state index contributed by atoms with van der Waals surface area (Å²) in [5, 5.41) is 2.41. The van der Waals surface area contributed by atoms with Gasteiger partial charge in [-0.05, 0) is 46.3 Å². The average Bonchev–Trinajstić information content (AvgIpc) is 2.42. The van der Waals surface area contributed by atoms with Crippen molar-refractivity contribution in [2.24, 2.45) is 0 Å². The topological polar surface area (TPSA) is 64.3 Å². The van der Waals surface area contributed by atoms with Crippen molar-refractivity contribution in [3.8, 4) is 5.75 Å². The van der Waals surface area contributed by atoms with E-state index in [0.717, 1.165) is 4.47 Å². The van der Waals surface area contributed by atoms with E-state index in [1.807, 2.05) is 6.07 Å². The standard InChI is InChI=1S/C14H12BrFN2O2/c15-10-3-1-2-4-13(10)20-8-14(19)18-12-7-9(17)5-6-11(12)16/h1-7H,8,17H2,(H,18,19). The molecular formula is C14H12BrFN2O2. The Kier molecular flexibility index (Phi) is 4.57. The van der Waals surface area contributed by atoms with E-state index < -0.39 is 11.7 Å². The molecule has 104 valence electrons. The van der Waals surface area contributed by atoms with Gasteiger partial charge in [-0.1, -0.05) is 12.1 Å². The van der Waals surface area contributed by atoms with Crippen molar-refractivity contribution in [1.82, 2.24) is 0 Å². The summed E-state index contributed by atoms with van der Waals surface area (Å²) in [6.07, 6.45) is 0. The van der Waals surface area contributed by atoms with Crippen LogP contribution >= 0.6 is 15.9 Å². The van der Waals surface area contributed by atoms with Crippen molar-refractivity contribution in [2.45, 2.75) is 0 Å². The van der Waals surface area contributed by atoms with Gasteiger partial charge in [0.15, 0.2) is 6.61 Å². The lowest BCUT2D eigenvalue weighted by Gasteiger charge is -2.09. The summed E-state index contributed by atoms with van der Waals surface area (Å²) < 4.78 is 19.5. The number of para-hydroxylation sites is 1. The molecule has 0 aliphatic heterocycles. The molecule has 0 spiro atoms. The minimum atomic E-state index is -0.548. The van der Waals surface area contributed by atoms with Crippen LogP contribution in [0.4, 0.5) is 15.8 Å². The predicted molar refractivity (Wildman–Crippen MR) is 79.1 cm³/mol. The number of hydrogen-bond donors (Lipinski definition) is 2. The molecule has 2 aromatic carbocycles. The highest BCUT2D eigenvalue weighted by atomic mass is 79.9. The molecule has 0 saturated carbocycles. The summed E-state index contributed by atoms with van der Waals surface area (Å²) in [6, 6.07) is 11.1. The quantitative estimate of drug-likeness (QED) is 0.841. The van der Waals surface area contributed by atoms with Crippen LogP contribution in [-0.2, 0) is 4.79 Å². The lowest BCUT2D eigenvalue weighted by Crippen LogP contribution is -2.21. The Labute approximate surface area is 123 Å². The first kappa shape index (κ1) is 14.3. The van der Waals surface area contributed by atoms with Crippen LogP contribution in [0.25, 0.3) is 0 Å². The number of hydrogen-bond acceptors (Lipinski definition) is 3. The van der Waals surface area contributed by atoms with Gasteiger partial charge in [-0.15, -0.1) is 0 Å². The fourth-order valence-electron chi connectivity index (χ4n) is 1.53. The second kappa shape index (κ2) is 6.38. The first-order chi connectivity index (χ1) is 9.56. The van der Waals surface area contributed by atoms with E-state index in [4.69, 9.17) is 10.5 Å². The van der Waals surface area contributed by atoms with Crippen molar-refractivity contribution in [1.29, 1.82) is 0 Å². The maximum Gasteiger partial charge on any atom is 0.262 e. The molecule has 0 radical (unpaired) electrons. The Bertz CT molecular complexity index is 634. The molecule has 0 atom stereocenters. The van der Waals surface area contributed by atoms with E-state index in [2.05, 4.69) is 21.2 Å². The Balaban J connectivity index is 1.96. The van der Waals surface area contributed by atoms with E-state index in [1.54, 1.807) is 18.2 Å². The molecule has 1 amide bonds. The zero-order valence-electron chi connectivity index (χ0n) is 10.4. The summed E-state index contributed by atoms with van der Waals surface area (Å²) in [4.78, 5) is 11.7. The third kappa shape index (κ3) is 3.71. The third-order valence-corrected chi connectivity index (χ3v) is 3.12. The summed E-state index contributed by atoms with van der Waals surface area (Å²) in [5.74, 6) is -0.477. The second-order valence-electron chi connectivity index (χ2n) is 4.01. The number of nitrogens with one attached hydrogen (secondary N) is 1. The van der Waals surface area contributed by atoms with Gasteiger partial charge in [0.1, 0.15) is 11.6 Å². The van der Waals surface area contributed by atoms with E-state index in [-0.39, 0.29) is 12.3 Å². The molecule has 0 heterocycles. The highest BCUT2D eigenvalue weighted by Gasteiger charge is 2.09. The van der Waals surface area contributed by atoms with Gasteiger partial charge in [0.2, 0.25) is 0 Å². The molecule has 0 aliphatic carbocycles. The number of ether oxygens (including phenoxy) is 1. The molecule has 0 fully saturated rings. The molecule has 4 nitrogen and oxygen atoms in total. The Morgan fingerprint density at radius 1 is 1.30 bits per heavy atom. The lowest BCUT2D eigenvalue weighted by atomic mass is 10.2. The number of amides is 1. The number of nitrogen functional groups attached to an aromatic ring is 1. The molecule has 0 aromatic heterocycles. The lowest BCUT2D eigenvalue weighted by molar-refractivity contribution is -0.118. The maximum absolute atomic E-state index is 13.4. The van der Waals surface area contributed by atoms with E-state index >= 15 is 0 Å². The number of anilines is 2. The summed E-state index contributed by atoms with van der Waals surface area (Å²) in [6.45, 7) is -0.225. The van der Waals surface area contributed by atoms with E-state index in [9.17, 15) is 9.18 Å². The molecule has 0 unspecified atom stereocenters. The number of benzene rings is 2. The zero-order chi connectivity index (χ0) is 14.5. The van der Waals surface area contributed by atoms with Crippen LogP contribution in [0.2, 0.25) is 0 Å². The Hall–Kier alpha value is -2.08. The molecular weight excluding hydrogens is 327 g/mol. The molecule has 2 aromatic rings. The monoisotopic (exact) mass is 338 g/mol. The highest BCUT2D eigenvalue weighted by molar-refractivity contribution is 9.10. The maximum atomic E-state index is 13.4. The molecule has 2 rings (SSSR count). The average molecular weight is 339 g/mol. The van der Waals surface area contributed by atoms with Crippen LogP contribution in [0.5, 0.6) is 5.75 Å². The summed E-state index contributed by atoms with van der Waals surface area (Å²) in [5.41, 5.74) is 5.93. The number of carbonyl (C=O) groups is 1. The largest absolute Gasteiger partial charge is 0.483 e. The van der Waals surface area contributed by atoms with Crippen LogP contribution in [0, 0.1) is 5.82 Å². The molecule has 0 aliphatic rings. The highest BCUT2D eigenvalue weighted by Crippen LogP contribution is 2.23. The minimum Gasteiger partial charge on any atom is -0.483 e. The van der Waals surface area contributed by atoms with Gasteiger partial charge < -0.3 is 15.8 Å². The minimum absolute atomic E-state index is 0.0331. The summed E-state index contributed by atoms with van der Waals surface area (Å²) in [7, 11) is 0. The second-order valence-corrected chi connectivity index (χ2v) is 4.86. The first-order valence-corrected chi connectivity index (χ1v) is 6.58. The zero-order valence-corrected chi connectivity index (χ0v) is 12.0. The number of nitrogens with two attached hydrogens (primary N) is 1. The van der Waals surface area contributed by atoms with Gasteiger partial charge in [-0.3, -0.25) is 4.79 Å². The first-order valence-electron chi connectivity index (χ1n) is 5.78. The van der Waals surface area contributed by atoms with Crippen LogP contribution in [-0.4, -0.2) is 12.5 Å². The van der Waals surface area contributed by atoms with Crippen LogP contribution in [0.1, 0.15) is 0 Å². The normalized spacial score (nSPS) is 10.1. The molecule has 3 N–H and O–H groups in total. The van der Waals surface area contributed by atoms with E-state index in [0.29, 0.717) is 11.4 Å². The van der Waals surface area contributed by atoms with Gasteiger partial charge in [0, 0.05) is 5.69 Å². The van der Waals surface area contributed by atoms with Crippen LogP contribution < -0.4 is 15.8 Å². The van der Waals surface area contributed by atoms with Crippen LogP contribution in [0.15, 0.2) is 46.9 Å². The SMILES string of the molecule is Nc1ccc(F)c(NC(=O)COc2ccccc2Br)c1. The van der Waals surface area contributed by atoms with Gasteiger partial charge in [-0.2, -0.15) is 0 Å². The third-order valence-electron chi connectivity index (χ3n) is 2.46. The van der Waals surface area contributed by atoms with Crippen molar-refractivity contribution in [3.05, 3.63) is 52.8 Å². The smallest absolute Gasteiger partial charge is 0.262 e. The number of rotatable bonds is 4. The number of carbonyl (C=O) groups excluding carboxylic acids is 1. The number of halogens is 2. The molecule has 0 bridgehead atoms. The van der Waals surface area contributed by atoms with Gasteiger partial charge in [0.25, 0.3) is 5.91 Å². The fourth-order valence-corrected chi connectivity index (χ4v) is 1.93. The van der Waals surface area contributed by atoms with Gasteiger partial charge >= 0.3 is 0 Å². The van der Waals surface area contributed by atoms with Crippen LogP contribution in [0.3, 0.4) is 0 Å². The van der Waals surface area contributed by atoms with Gasteiger partial charge in [0.05, 0.1) is 10.2 Å². The molecule has 0 saturated heterocycles. The van der Waals surface area contributed by atoms with Gasteiger partial charge in [-0.25, -0.2) is 4.39 Å². The summed E-state index contributed by atoms with van der Waals surface area (Å²) >= 11 is 3.30. The fraction of sp³-hybridized carbons (Fsp3) is 0.0714. The molecule has 20 heavy (non-hydrogen) atoms. The van der Waals surface area contributed by atoms with Crippen molar-refractivity contribution >= 4 is 33.2 Å². The van der Waals surface area contributed by atoms with E-state index in [1.165, 1.54) is 18.2 Å².